The molecule has 0 fully saturated rings. The van der Waals surface area contributed by atoms with E-state index in [4.69, 9.17) is 0 Å². The van der Waals surface area contributed by atoms with Crippen molar-refractivity contribution in [1.29, 1.82) is 0 Å². The van der Waals surface area contributed by atoms with Crippen LogP contribution in [0.15, 0.2) is 49.1 Å². The Kier molecular flexibility index (Phi) is 1.96. The van der Waals surface area contributed by atoms with Crippen LogP contribution in [0, 0.1) is 6.92 Å². The molecule has 3 heteroatoms. The summed E-state index contributed by atoms with van der Waals surface area (Å²) in [7, 11) is 0. The zero-order valence-electron chi connectivity index (χ0n) is 8.96. The molecule has 3 rings (SSSR count). The number of aromatic nitrogens is 3. The topological polar surface area (TPSA) is 30.7 Å². The summed E-state index contributed by atoms with van der Waals surface area (Å²) < 4.78 is 1.90. The first-order chi connectivity index (χ1) is 7.83. The van der Waals surface area contributed by atoms with Gasteiger partial charge < -0.3 is 0 Å². The van der Waals surface area contributed by atoms with Crippen LogP contribution in [0.3, 0.4) is 0 Å². The van der Waals surface area contributed by atoms with E-state index in [9.17, 15) is 0 Å². The molecule has 2 heterocycles. The van der Waals surface area contributed by atoms with Crippen LogP contribution in [-0.4, -0.2) is 14.5 Å². The quantitative estimate of drug-likeness (QED) is 0.617. The van der Waals surface area contributed by atoms with Gasteiger partial charge in [-0.25, -0.2) is 9.97 Å². The van der Waals surface area contributed by atoms with Crippen molar-refractivity contribution in [3.63, 3.8) is 0 Å². The number of rotatable bonds is 1. The van der Waals surface area contributed by atoms with Crippen molar-refractivity contribution in [1.82, 2.24) is 14.5 Å². The van der Waals surface area contributed by atoms with E-state index in [2.05, 4.69) is 35.1 Å². The van der Waals surface area contributed by atoms with E-state index in [0.717, 1.165) is 11.3 Å². The third-order valence-corrected chi connectivity index (χ3v) is 2.60. The monoisotopic (exact) mass is 209 g/mol. The van der Waals surface area contributed by atoms with Gasteiger partial charge in [-0.3, -0.25) is 4.57 Å². The van der Waals surface area contributed by atoms with Crippen LogP contribution >= 0.6 is 0 Å². The number of pyridine rings is 1. The minimum Gasteiger partial charge on any atom is -0.291 e. The zero-order chi connectivity index (χ0) is 11.0. The second-order valence-electron chi connectivity index (χ2n) is 3.84. The molecule has 0 unspecified atom stereocenters. The normalized spacial score (nSPS) is 10.8. The zero-order valence-corrected chi connectivity index (χ0v) is 8.96. The van der Waals surface area contributed by atoms with Crippen molar-refractivity contribution < 1.29 is 0 Å². The molecule has 0 aliphatic rings. The molecule has 0 saturated carbocycles. The van der Waals surface area contributed by atoms with Gasteiger partial charge in [0.1, 0.15) is 12.1 Å². The van der Waals surface area contributed by atoms with Gasteiger partial charge in [0.25, 0.3) is 0 Å². The van der Waals surface area contributed by atoms with Gasteiger partial charge in [-0.05, 0) is 31.2 Å². The summed E-state index contributed by atoms with van der Waals surface area (Å²) in [4.78, 5) is 8.60. The van der Waals surface area contributed by atoms with Gasteiger partial charge in [-0.1, -0.05) is 11.6 Å². The van der Waals surface area contributed by atoms with Crippen molar-refractivity contribution in [2.45, 2.75) is 6.92 Å². The van der Waals surface area contributed by atoms with Gasteiger partial charge in [-0.15, -0.1) is 0 Å². The fourth-order valence-corrected chi connectivity index (χ4v) is 1.77. The highest BCUT2D eigenvalue weighted by molar-refractivity contribution is 5.80. The molecule has 0 aliphatic carbocycles. The molecule has 0 radical (unpaired) electrons. The molecule has 2 aromatic heterocycles. The van der Waals surface area contributed by atoms with Crippen molar-refractivity contribution in [3.05, 3.63) is 54.6 Å². The SMILES string of the molecule is Cc1ccc2nc(-n3ccnc3)ccc2c1. The lowest BCUT2D eigenvalue weighted by Crippen LogP contribution is -1.94. The number of hydrogen-bond donors (Lipinski definition) is 0. The Hall–Kier alpha value is -2.16. The molecule has 0 aliphatic heterocycles. The summed E-state index contributed by atoms with van der Waals surface area (Å²) in [5.41, 5.74) is 2.27. The largest absolute Gasteiger partial charge is 0.291 e. The summed E-state index contributed by atoms with van der Waals surface area (Å²) in [5, 5.41) is 1.17. The Morgan fingerprint density at radius 2 is 2.06 bits per heavy atom. The van der Waals surface area contributed by atoms with Gasteiger partial charge in [0.2, 0.25) is 0 Å². The minimum absolute atomic E-state index is 0.897. The number of hydrogen-bond acceptors (Lipinski definition) is 2. The lowest BCUT2D eigenvalue weighted by Gasteiger charge is -2.03. The molecule has 16 heavy (non-hydrogen) atoms. The highest BCUT2D eigenvalue weighted by Crippen LogP contribution is 2.16. The highest BCUT2D eigenvalue weighted by atomic mass is 15.1. The van der Waals surface area contributed by atoms with Gasteiger partial charge in [0.15, 0.2) is 0 Å². The molecular formula is C13H11N3. The first kappa shape index (κ1) is 9.09. The lowest BCUT2D eigenvalue weighted by atomic mass is 10.1. The molecule has 0 N–H and O–H groups in total. The van der Waals surface area contributed by atoms with Crippen LogP contribution in [0.1, 0.15) is 5.56 Å². The molecule has 0 amide bonds. The molecular weight excluding hydrogens is 198 g/mol. The van der Waals surface area contributed by atoms with Crippen molar-refractivity contribution in [2.24, 2.45) is 0 Å². The van der Waals surface area contributed by atoms with E-state index in [-0.39, 0.29) is 0 Å². The van der Waals surface area contributed by atoms with Crippen LogP contribution in [0.4, 0.5) is 0 Å². The van der Waals surface area contributed by atoms with Gasteiger partial charge in [0.05, 0.1) is 5.52 Å². The summed E-state index contributed by atoms with van der Waals surface area (Å²) in [6, 6.07) is 10.4. The van der Waals surface area contributed by atoms with Gasteiger partial charge >= 0.3 is 0 Å². The Labute approximate surface area is 93.4 Å². The molecule has 3 aromatic rings. The maximum absolute atomic E-state index is 4.58. The number of imidazole rings is 1. The third-order valence-electron chi connectivity index (χ3n) is 2.60. The molecule has 0 atom stereocenters. The van der Waals surface area contributed by atoms with E-state index in [1.54, 1.807) is 12.5 Å². The Balaban J connectivity index is 2.20. The van der Waals surface area contributed by atoms with Gasteiger partial charge in [0, 0.05) is 17.8 Å². The molecule has 0 spiro atoms. The van der Waals surface area contributed by atoms with E-state index in [1.165, 1.54) is 10.9 Å². The van der Waals surface area contributed by atoms with Crippen LogP contribution < -0.4 is 0 Å². The summed E-state index contributed by atoms with van der Waals surface area (Å²) in [6.07, 6.45) is 5.39. The molecule has 0 saturated heterocycles. The fourth-order valence-electron chi connectivity index (χ4n) is 1.77. The minimum atomic E-state index is 0.897. The molecule has 1 aromatic carbocycles. The Morgan fingerprint density at radius 1 is 1.12 bits per heavy atom. The second-order valence-corrected chi connectivity index (χ2v) is 3.84. The molecule has 3 nitrogen and oxygen atoms in total. The average Bonchev–Trinajstić information content (AvgIpc) is 2.82. The maximum Gasteiger partial charge on any atom is 0.138 e. The van der Waals surface area contributed by atoms with Crippen LogP contribution in [-0.2, 0) is 0 Å². The van der Waals surface area contributed by atoms with Crippen molar-refractivity contribution >= 4 is 10.9 Å². The van der Waals surface area contributed by atoms with E-state index >= 15 is 0 Å². The highest BCUT2D eigenvalue weighted by Gasteiger charge is 1.99. The maximum atomic E-state index is 4.58. The predicted molar refractivity (Wildman–Crippen MR) is 63.6 cm³/mol. The van der Waals surface area contributed by atoms with E-state index in [0.29, 0.717) is 0 Å². The third kappa shape index (κ3) is 1.46. The fraction of sp³-hybridized carbons (Fsp3) is 0.0769. The summed E-state index contributed by atoms with van der Waals surface area (Å²) in [5.74, 6) is 0.897. The average molecular weight is 209 g/mol. The predicted octanol–water partition coefficient (Wildman–Crippen LogP) is 2.73. The lowest BCUT2D eigenvalue weighted by molar-refractivity contribution is 1.01. The van der Waals surface area contributed by atoms with Crippen molar-refractivity contribution in [2.75, 3.05) is 0 Å². The first-order valence-corrected chi connectivity index (χ1v) is 5.19. The van der Waals surface area contributed by atoms with Crippen molar-refractivity contribution in [3.8, 4) is 5.82 Å². The standard InChI is InChI=1S/C13H11N3/c1-10-2-4-12-11(8-10)3-5-13(15-12)16-7-6-14-9-16/h2-9H,1H3. The second kappa shape index (κ2) is 3.45. The number of fused-ring (bicyclic) bond motifs is 1. The van der Waals surface area contributed by atoms with Crippen LogP contribution in [0.2, 0.25) is 0 Å². The number of benzene rings is 1. The van der Waals surface area contributed by atoms with Crippen LogP contribution in [0.25, 0.3) is 16.7 Å². The van der Waals surface area contributed by atoms with Gasteiger partial charge in [-0.2, -0.15) is 0 Å². The Morgan fingerprint density at radius 3 is 2.88 bits per heavy atom. The summed E-state index contributed by atoms with van der Waals surface area (Å²) in [6.45, 7) is 2.09. The van der Waals surface area contributed by atoms with E-state index < -0.39 is 0 Å². The first-order valence-electron chi connectivity index (χ1n) is 5.19. The van der Waals surface area contributed by atoms with Crippen LogP contribution in [0.5, 0.6) is 0 Å². The summed E-state index contributed by atoms with van der Waals surface area (Å²) >= 11 is 0. The smallest absolute Gasteiger partial charge is 0.138 e. The molecule has 78 valence electrons. The Bertz CT molecular complexity index is 627. The number of nitrogens with zero attached hydrogens (tertiary/aromatic N) is 3. The molecule has 0 bridgehead atoms. The van der Waals surface area contributed by atoms with E-state index in [1.807, 2.05) is 22.9 Å². The number of aryl methyl sites for hydroxylation is 1.